The molecule has 22 heavy (non-hydrogen) atoms. The minimum Gasteiger partial charge on any atom is -0.387 e. The van der Waals surface area contributed by atoms with Crippen molar-refractivity contribution in [3.05, 3.63) is 41.0 Å². The number of allylic oxidation sites excluding steroid dienone is 2. The summed E-state index contributed by atoms with van der Waals surface area (Å²) < 4.78 is 0. The number of amides is 1. The summed E-state index contributed by atoms with van der Waals surface area (Å²) in [6.45, 7) is 6.52. The van der Waals surface area contributed by atoms with Crippen molar-refractivity contribution in [1.29, 1.82) is 0 Å². The molecule has 122 valence electrons. The first-order valence-electron chi connectivity index (χ1n) is 8.38. The number of benzene rings is 1. The molecule has 0 bridgehead atoms. The van der Waals surface area contributed by atoms with E-state index in [2.05, 4.69) is 44.3 Å². The molecule has 0 saturated heterocycles. The maximum Gasteiger partial charge on any atom is 0.250 e. The Labute approximate surface area is 135 Å². The maximum atomic E-state index is 11.6. The first kappa shape index (κ1) is 18.3. The van der Waals surface area contributed by atoms with Gasteiger partial charge in [-0.3, -0.25) is 4.79 Å². The zero-order valence-electron chi connectivity index (χ0n) is 14.4. The summed E-state index contributed by atoms with van der Waals surface area (Å²) in [5.74, 6) is 0.148. The second kappa shape index (κ2) is 9.29. The van der Waals surface area contributed by atoms with Gasteiger partial charge in [-0.15, -0.1) is 0 Å². The van der Waals surface area contributed by atoms with Crippen molar-refractivity contribution in [3.8, 4) is 0 Å². The fourth-order valence-electron chi connectivity index (χ4n) is 3.08. The van der Waals surface area contributed by atoms with Crippen LogP contribution in [0.2, 0.25) is 0 Å². The van der Waals surface area contributed by atoms with Gasteiger partial charge in [0.25, 0.3) is 5.91 Å². The lowest BCUT2D eigenvalue weighted by Gasteiger charge is -2.22. The van der Waals surface area contributed by atoms with Gasteiger partial charge in [0.05, 0.1) is 11.3 Å². The fraction of sp³-hybridized carbons (Fsp3) is 0.526. The summed E-state index contributed by atoms with van der Waals surface area (Å²) in [4.78, 5) is 11.6. The number of anilines is 1. The SMILES string of the molecule is CCC=CCCC(CC)c1ccc(C(N)=O)c(NC)c1CC. The van der Waals surface area contributed by atoms with Gasteiger partial charge in [0, 0.05) is 7.05 Å². The molecule has 1 aromatic carbocycles. The van der Waals surface area contributed by atoms with Crippen LogP contribution in [0.4, 0.5) is 5.69 Å². The highest BCUT2D eigenvalue weighted by Gasteiger charge is 2.19. The second-order valence-electron chi connectivity index (χ2n) is 5.59. The number of rotatable bonds is 9. The molecule has 1 rings (SSSR count). The summed E-state index contributed by atoms with van der Waals surface area (Å²) in [6.07, 6.45) is 9.82. The van der Waals surface area contributed by atoms with Crippen LogP contribution in [-0.2, 0) is 6.42 Å². The van der Waals surface area contributed by atoms with Crippen LogP contribution < -0.4 is 11.1 Å². The molecule has 0 aromatic heterocycles. The molecule has 1 aromatic rings. The van der Waals surface area contributed by atoms with Crippen molar-refractivity contribution in [3.63, 3.8) is 0 Å². The Bertz CT molecular complexity index is 520. The van der Waals surface area contributed by atoms with Gasteiger partial charge in [0.1, 0.15) is 0 Å². The fourth-order valence-corrected chi connectivity index (χ4v) is 3.08. The molecule has 0 radical (unpaired) electrons. The smallest absolute Gasteiger partial charge is 0.250 e. The first-order valence-corrected chi connectivity index (χ1v) is 8.38. The van der Waals surface area contributed by atoms with Crippen LogP contribution in [0.15, 0.2) is 24.3 Å². The number of primary amides is 1. The Morgan fingerprint density at radius 2 is 2.00 bits per heavy atom. The third-order valence-electron chi connectivity index (χ3n) is 4.23. The average Bonchev–Trinajstić information content (AvgIpc) is 2.53. The third-order valence-corrected chi connectivity index (χ3v) is 4.23. The summed E-state index contributed by atoms with van der Waals surface area (Å²) in [7, 11) is 1.86. The van der Waals surface area contributed by atoms with Crippen molar-refractivity contribution in [2.45, 2.75) is 58.8 Å². The van der Waals surface area contributed by atoms with Crippen LogP contribution in [0.25, 0.3) is 0 Å². The summed E-state index contributed by atoms with van der Waals surface area (Å²) >= 11 is 0. The molecule has 1 atom stereocenters. The molecule has 0 aliphatic rings. The molecule has 0 saturated carbocycles. The highest BCUT2D eigenvalue weighted by molar-refractivity contribution is 5.99. The lowest BCUT2D eigenvalue weighted by atomic mass is 9.85. The summed E-state index contributed by atoms with van der Waals surface area (Å²) in [5.41, 5.74) is 9.56. The van der Waals surface area contributed by atoms with Crippen molar-refractivity contribution in [1.82, 2.24) is 0 Å². The standard InChI is InChI=1S/C19H30N2O/c1-5-8-9-10-11-14(6-2)16-12-13-17(19(20)22)18(21-4)15(16)7-3/h8-9,12-14,21H,5-7,10-11H2,1-4H3,(H2,20,22). The highest BCUT2D eigenvalue weighted by Crippen LogP contribution is 2.34. The number of carbonyl (C=O) groups excluding carboxylic acids is 1. The van der Waals surface area contributed by atoms with Crippen molar-refractivity contribution in [2.75, 3.05) is 12.4 Å². The largest absolute Gasteiger partial charge is 0.387 e. The van der Waals surface area contributed by atoms with Gasteiger partial charge in [-0.25, -0.2) is 0 Å². The normalized spacial score (nSPS) is 12.5. The van der Waals surface area contributed by atoms with Gasteiger partial charge in [0.15, 0.2) is 0 Å². The Morgan fingerprint density at radius 1 is 1.27 bits per heavy atom. The topological polar surface area (TPSA) is 55.1 Å². The minimum atomic E-state index is -0.371. The van der Waals surface area contributed by atoms with Crippen LogP contribution in [0.3, 0.4) is 0 Å². The summed E-state index contributed by atoms with van der Waals surface area (Å²) in [5, 5.41) is 3.18. The predicted octanol–water partition coefficient (Wildman–Crippen LogP) is 4.63. The molecule has 1 amide bonds. The van der Waals surface area contributed by atoms with Crippen LogP contribution in [0.1, 0.15) is 73.9 Å². The van der Waals surface area contributed by atoms with E-state index in [9.17, 15) is 4.79 Å². The molecule has 1 unspecified atom stereocenters. The van der Waals surface area contributed by atoms with E-state index >= 15 is 0 Å². The van der Waals surface area contributed by atoms with E-state index in [4.69, 9.17) is 5.73 Å². The number of carbonyl (C=O) groups is 1. The molecular weight excluding hydrogens is 272 g/mol. The highest BCUT2D eigenvalue weighted by atomic mass is 16.1. The maximum absolute atomic E-state index is 11.6. The average molecular weight is 302 g/mol. The second-order valence-corrected chi connectivity index (χ2v) is 5.59. The molecule has 3 N–H and O–H groups in total. The van der Waals surface area contributed by atoms with Gasteiger partial charge in [-0.2, -0.15) is 0 Å². The Morgan fingerprint density at radius 3 is 2.50 bits per heavy atom. The van der Waals surface area contributed by atoms with Gasteiger partial charge in [-0.05, 0) is 55.2 Å². The van der Waals surface area contributed by atoms with Gasteiger partial charge < -0.3 is 11.1 Å². The van der Waals surface area contributed by atoms with Crippen LogP contribution in [0.5, 0.6) is 0 Å². The van der Waals surface area contributed by atoms with E-state index in [1.165, 1.54) is 11.1 Å². The van der Waals surface area contributed by atoms with Crippen LogP contribution >= 0.6 is 0 Å². The number of nitrogens with two attached hydrogens (primary N) is 1. The van der Waals surface area contributed by atoms with E-state index in [1.54, 1.807) is 0 Å². The molecule has 0 fully saturated rings. The Hall–Kier alpha value is -1.77. The molecule has 0 aliphatic carbocycles. The van der Waals surface area contributed by atoms with Gasteiger partial charge in [0.2, 0.25) is 0 Å². The zero-order valence-corrected chi connectivity index (χ0v) is 14.4. The van der Waals surface area contributed by atoms with Gasteiger partial charge in [-0.1, -0.05) is 39.0 Å². The molecule has 0 spiro atoms. The lowest BCUT2D eigenvalue weighted by molar-refractivity contribution is 0.100. The Kier molecular flexibility index (Phi) is 7.72. The monoisotopic (exact) mass is 302 g/mol. The number of hydrogen-bond acceptors (Lipinski definition) is 2. The van der Waals surface area contributed by atoms with Crippen molar-refractivity contribution in [2.24, 2.45) is 5.73 Å². The van der Waals surface area contributed by atoms with Crippen molar-refractivity contribution < 1.29 is 4.79 Å². The molecule has 3 nitrogen and oxygen atoms in total. The van der Waals surface area contributed by atoms with E-state index in [0.717, 1.165) is 37.8 Å². The van der Waals surface area contributed by atoms with Crippen molar-refractivity contribution >= 4 is 11.6 Å². The molecular formula is C19H30N2O. The first-order chi connectivity index (χ1) is 10.6. The lowest BCUT2D eigenvalue weighted by Crippen LogP contribution is -2.16. The van der Waals surface area contributed by atoms with E-state index in [1.807, 2.05) is 13.1 Å². The third kappa shape index (κ3) is 4.36. The molecule has 0 heterocycles. The van der Waals surface area contributed by atoms with E-state index < -0.39 is 0 Å². The number of nitrogens with one attached hydrogen (secondary N) is 1. The van der Waals surface area contributed by atoms with Crippen LogP contribution in [0, 0.1) is 0 Å². The summed E-state index contributed by atoms with van der Waals surface area (Å²) in [6, 6.07) is 3.96. The minimum absolute atomic E-state index is 0.371. The number of hydrogen-bond donors (Lipinski definition) is 2. The van der Waals surface area contributed by atoms with E-state index in [-0.39, 0.29) is 5.91 Å². The zero-order chi connectivity index (χ0) is 16.5. The Balaban J connectivity index is 3.15. The molecule has 0 aliphatic heterocycles. The quantitative estimate of drug-likeness (QED) is 0.653. The molecule has 3 heteroatoms. The van der Waals surface area contributed by atoms with E-state index in [0.29, 0.717) is 11.5 Å². The van der Waals surface area contributed by atoms with Crippen LogP contribution in [-0.4, -0.2) is 13.0 Å². The van der Waals surface area contributed by atoms with Gasteiger partial charge >= 0.3 is 0 Å². The predicted molar refractivity (Wildman–Crippen MR) is 95.6 cm³/mol.